The summed E-state index contributed by atoms with van der Waals surface area (Å²) in [5.41, 5.74) is 5.66. The number of benzene rings is 1. The standard InChI is InChI=1S/C24H30F3N3O4/c25-24(26,27)17-3-1-16(2-4-17)22-20(21(23(28)32)29-34-22)14-30(13-15-9-11-33-12-10-15)18-5-7-19(31)8-6-18/h1-4,15,18-19,31H,5-14H2,(H2,28,32). The first-order chi connectivity index (χ1) is 16.2. The first kappa shape index (κ1) is 24.7. The Kier molecular flexibility index (Phi) is 7.59. The van der Waals surface area contributed by atoms with E-state index < -0.39 is 17.6 Å². The van der Waals surface area contributed by atoms with Crippen molar-refractivity contribution in [3.63, 3.8) is 0 Å². The number of halogens is 3. The molecule has 34 heavy (non-hydrogen) atoms. The lowest BCUT2D eigenvalue weighted by molar-refractivity contribution is -0.137. The molecule has 1 saturated heterocycles. The summed E-state index contributed by atoms with van der Waals surface area (Å²) in [6.07, 6.45) is 0.149. The molecule has 2 aliphatic rings. The van der Waals surface area contributed by atoms with Crippen LogP contribution < -0.4 is 5.73 Å². The van der Waals surface area contributed by atoms with Crippen LogP contribution in [-0.2, 0) is 17.5 Å². The molecule has 0 unspecified atom stereocenters. The molecular weight excluding hydrogens is 451 g/mol. The minimum absolute atomic E-state index is 0.0114. The van der Waals surface area contributed by atoms with Crippen LogP contribution in [0.4, 0.5) is 13.2 Å². The van der Waals surface area contributed by atoms with Crippen LogP contribution in [0.25, 0.3) is 11.3 Å². The van der Waals surface area contributed by atoms with Crippen molar-refractivity contribution >= 4 is 5.91 Å². The molecule has 10 heteroatoms. The summed E-state index contributed by atoms with van der Waals surface area (Å²) in [4.78, 5) is 14.4. The van der Waals surface area contributed by atoms with Gasteiger partial charge < -0.3 is 20.1 Å². The summed E-state index contributed by atoms with van der Waals surface area (Å²) in [7, 11) is 0. The Balaban J connectivity index is 1.64. The Morgan fingerprint density at radius 3 is 2.32 bits per heavy atom. The molecule has 0 spiro atoms. The second-order valence-electron chi connectivity index (χ2n) is 9.23. The minimum Gasteiger partial charge on any atom is -0.393 e. The van der Waals surface area contributed by atoms with Crippen LogP contribution in [-0.4, -0.2) is 53.0 Å². The topological polar surface area (TPSA) is 102 Å². The molecule has 2 heterocycles. The van der Waals surface area contributed by atoms with Gasteiger partial charge in [0.2, 0.25) is 0 Å². The summed E-state index contributed by atoms with van der Waals surface area (Å²) in [6, 6.07) is 4.79. The van der Waals surface area contributed by atoms with Crippen LogP contribution in [0.15, 0.2) is 28.8 Å². The van der Waals surface area contributed by atoms with Gasteiger partial charge in [0.1, 0.15) is 0 Å². The third kappa shape index (κ3) is 5.79. The van der Waals surface area contributed by atoms with Gasteiger partial charge in [0, 0.05) is 43.5 Å². The molecule has 2 fully saturated rings. The number of hydrogen-bond donors (Lipinski definition) is 2. The third-order valence-corrected chi connectivity index (χ3v) is 6.87. The molecular formula is C24H30F3N3O4. The summed E-state index contributed by atoms with van der Waals surface area (Å²) < 4.78 is 50.0. The number of nitrogens with two attached hydrogens (primary N) is 1. The number of nitrogens with zero attached hydrogens (tertiary/aromatic N) is 2. The van der Waals surface area contributed by atoms with Crippen molar-refractivity contribution in [1.82, 2.24) is 10.1 Å². The number of amides is 1. The number of aromatic nitrogens is 1. The molecule has 7 nitrogen and oxygen atoms in total. The molecule has 4 rings (SSSR count). The zero-order valence-corrected chi connectivity index (χ0v) is 18.9. The summed E-state index contributed by atoms with van der Waals surface area (Å²) in [5, 5.41) is 13.8. The molecule has 1 aromatic carbocycles. The molecule has 0 atom stereocenters. The number of carbonyl (C=O) groups is 1. The predicted molar refractivity (Wildman–Crippen MR) is 118 cm³/mol. The molecule has 0 radical (unpaired) electrons. The zero-order valence-electron chi connectivity index (χ0n) is 18.9. The van der Waals surface area contributed by atoms with Gasteiger partial charge in [0.15, 0.2) is 11.5 Å². The number of rotatable bonds is 7. The van der Waals surface area contributed by atoms with Crippen LogP contribution in [0.1, 0.15) is 60.1 Å². The molecule has 1 saturated carbocycles. The Labute approximate surface area is 196 Å². The van der Waals surface area contributed by atoms with Crippen LogP contribution in [0, 0.1) is 5.92 Å². The Morgan fingerprint density at radius 1 is 1.09 bits per heavy atom. The van der Waals surface area contributed by atoms with E-state index in [-0.39, 0.29) is 23.6 Å². The number of primary amides is 1. The van der Waals surface area contributed by atoms with Gasteiger partial charge in [-0.1, -0.05) is 17.3 Å². The number of aliphatic hydroxyl groups excluding tert-OH is 1. The van der Waals surface area contributed by atoms with E-state index in [1.807, 2.05) is 0 Å². The maximum absolute atomic E-state index is 13.0. The molecule has 1 aliphatic heterocycles. The normalized spacial score (nSPS) is 22.3. The van der Waals surface area contributed by atoms with Gasteiger partial charge in [0.05, 0.1) is 11.7 Å². The first-order valence-electron chi connectivity index (χ1n) is 11.7. The third-order valence-electron chi connectivity index (χ3n) is 6.87. The molecule has 1 amide bonds. The average molecular weight is 482 g/mol. The van der Waals surface area contributed by atoms with Gasteiger partial charge in [0.25, 0.3) is 5.91 Å². The average Bonchev–Trinajstić information content (AvgIpc) is 3.23. The van der Waals surface area contributed by atoms with E-state index in [9.17, 15) is 23.1 Å². The Hall–Kier alpha value is -2.43. The van der Waals surface area contributed by atoms with Gasteiger partial charge in [-0.25, -0.2) is 0 Å². The zero-order chi connectivity index (χ0) is 24.3. The maximum atomic E-state index is 13.0. The highest BCUT2D eigenvalue weighted by molar-refractivity contribution is 5.93. The molecule has 3 N–H and O–H groups in total. The van der Waals surface area contributed by atoms with E-state index in [2.05, 4.69) is 10.1 Å². The monoisotopic (exact) mass is 481 g/mol. The van der Waals surface area contributed by atoms with Gasteiger partial charge in [-0.3, -0.25) is 9.69 Å². The molecule has 2 aromatic rings. The number of carbonyl (C=O) groups excluding carboxylic acids is 1. The highest BCUT2D eigenvalue weighted by Gasteiger charge is 2.33. The minimum atomic E-state index is -4.45. The number of ether oxygens (including phenoxy) is 1. The summed E-state index contributed by atoms with van der Waals surface area (Å²) in [6.45, 7) is 2.52. The second kappa shape index (κ2) is 10.5. The van der Waals surface area contributed by atoms with E-state index >= 15 is 0 Å². The van der Waals surface area contributed by atoms with Gasteiger partial charge in [-0.05, 0) is 56.6 Å². The van der Waals surface area contributed by atoms with Crippen molar-refractivity contribution in [2.75, 3.05) is 19.8 Å². The molecule has 1 aliphatic carbocycles. The van der Waals surface area contributed by atoms with E-state index in [1.165, 1.54) is 12.1 Å². The van der Waals surface area contributed by atoms with Crippen molar-refractivity contribution in [1.29, 1.82) is 0 Å². The Morgan fingerprint density at radius 2 is 1.74 bits per heavy atom. The molecule has 0 bridgehead atoms. The quantitative estimate of drug-likeness (QED) is 0.620. The van der Waals surface area contributed by atoms with Crippen molar-refractivity contribution in [2.45, 2.75) is 63.4 Å². The molecule has 186 valence electrons. The van der Waals surface area contributed by atoms with Gasteiger partial charge >= 0.3 is 6.18 Å². The van der Waals surface area contributed by atoms with Crippen molar-refractivity contribution in [3.8, 4) is 11.3 Å². The van der Waals surface area contributed by atoms with Crippen molar-refractivity contribution in [2.24, 2.45) is 11.7 Å². The molecule has 1 aromatic heterocycles. The fourth-order valence-corrected chi connectivity index (χ4v) is 4.92. The number of alkyl halides is 3. The first-order valence-corrected chi connectivity index (χ1v) is 11.7. The number of hydrogen-bond acceptors (Lipinski definition) is 6. The smallest absolute Gasteiger partial charge is 0.393 e. The van der Waals surface area contributed by atoms with Crippen molar-refractivity contribution in [3.05, 3.63) is 41.1 Å². The van der Waals surface area contributed by atoms with Gasteiger partial charge in [-0.15, -0.1) is 0 Å². The van der Waals surface area contributed by atoms with E-state index in [4.69, 9.17) is 15.0 Å². The van der Waals surface area contributed by atoms with E-state index in [0.29, 0.717) is 49.6 Å². The highest BCUT2D eigenvalue weighted by atomic mass is 19.4. The number of aliphatic hydroxyl groups is 1. The summed E-state index contributed by atoms with van der Waals surface area (Å²) >= 11 is 0. The Bertz CT molecular complexity index is 963. The fourth-order valence-electron chi connectivity index (χ4n) is 4.92. The van der Waals surface area contributed by atoms with E-state index in [1.54, 1.807) is 0 Å². The van der Waals surface area contributed by atoms with Crippen molar-refractivity contribution < 1.29 is 32.3 Å². The van der Waals surface area contributed by atoms with Crippen LogP contribution in [0.2, 0.25) is 0 Å². The maximum Gasteiger partial charge on any atom is 0.416 e. The van der Waals surface area contributed by atoms with Crippen LogP contribution in [0.5, 0.6) is 0 Å². The largest absolute Gasteiger partial charge is 0.416 e. The van der Waals surface area contributed by atoms with E-state index in [0.717, 1.165) is 44.4 Å². The lowest BCUT2D eigenvalue weighted by Gasteiger charge is -2.38. The van der Waals surface area contributed by atoms with Crippen LogP contribution in [0.3, 0.4) is 0 Å². The summed E-state index contributed by atoms with van der Waals surface area (Å²) in [5.74, 6) is -0.0793. The fraction of sp³-hybridized carbons (Fsp3) is 0.583. The highest BCUT2D eigenvalue weighted by Crippen LogP contribution is 2.34. The lowest BCUT2D eigenvalue weighted by Crippen LogP contribution is -2.42. The SMILES string of the molecule is NC(=O)c1noc(-c2ccc(C(F)(F)F)cc2)c1CN(CC1CCOCC1)C1CCC(O)CC1. The van der Waals surface area contributed by atoms with Crippen LogP contribution >= 0.6 is 0 Å². The predicted octanol–water partition coefficient (Wildman–Crippen LogP) is 3.99. The second-order valence-corrected chi connectivity index (χ2v) is 9.23. The van der Waals surface area contributed by atoms with Gasteiger partial charge in [-0.2, -0.15) is 13.2 Å². The lowest BCUT2D eigenvalue weighted by atomic mass is 9.90.